The van der Waals surface area contributed by atoms with E-state index in [9.17, 15) is 18.7 Å². The number of halogens is 2. The first-order chi connectivity index (χ1) is 16.9. The average Bonchev–Trinajstić information content (AvgIpc) is 2.84. The lowest BCUT2D eigenvalue weighted by molar-refractivity contribution is 0.134. The summed E-state index contributed by atoms with van der Waals surface area (Å²) in [4.78, 5) is 22.1. The maximum atomic E-state index is 14.9. The highest BCUT2D eigenvalue weighted by atomic mass is 19.1. The van der Waals surface area contributed by atoms with Crippen LogP contribution in [-0.2, 0) is 0 Å². The van der Waals surface area contributed by atoms with E-state index < -0.39 is 17.7 Å². The van der Waals surface area contributed by atoms with Gasteiger partial charge in [-0.25, -0.2) is 18.6 Å². The van der Waals surface area contributed by atoms with Gasteiger partial charge in [0.15, 0.2) is 0 Å². The standard InChI is InChI=1S/C27H24F2N4O2/c1-16-4-2-3-5-19(16)25-26-21(8-11-30-25)22(20-7-6-17(28)14-23(20)29)15-24(32-26)31-18-9-12-33(13-10-18)27(34)35/h2-8,11,14-15,18H,9-10,12-13H2,1H3,(H,31,32)(H,34,35). The van der Waals surface area contributed by atoms with Gasteiger partial charge in [0, 0.05) is 47.9 Å². The Bertz CT molecular complexity index is 1420. The van der Waals surface area contributed by atoms with Crippen LogP contribution in [0.3, 0.4) is 0 Å². The number of rotatable bonds is 4. The van der Waals surface area contributed by atoms with E-state index in [0.717, 1.165) is 17.2 Å². The summed E-state index contributed by atoms with van der Waals surface area (Å²) < 4.78 is 28.6. The summed E-state index contributed by atoms with van der Waals surface area (Å²) in [6, 6.07) is 15.0. The molecule has 1 fully saturated rings. The fourth-order valence-corrected chi connectivity index (χ4v) is 4.62. The van der Waals surface area contributed by atoms with Gasteiger partial charge >= 0.3 is 6.09 Å². The van der Waals surface area contributed by atoms with Crippen LogP contribution in [0, 0.1) is 18.6 Å². The number of piperidine rings is 1. The van der Waals surface area contributed by atoms with E-state index in [4.69, 9.17) is 4.98 Å². The topological polar surface area (TPSA) is 78.4 Å². The molecule has 8 heteroatoms. The van der Waals surface area contributed by atoms with Crippen molar-refractivity contribution in [2.45, 2.75) is 25.8 Å². The number of pyridine rings is 2. The number of fused-ring (bicyclic) bond motifs is 1. The van der Waals surface area contributed by atoms with E-state index >= 15 is 0 Å². The predicted octanol–water partition coefficient (Wildman–Crippen LogP) is 6.10. The molecule has 178 valence electrons. The van der Waals surface area contributed by atoms with Gasteiger partial charge in [0.25, 0.3) is 0 Å². The van der Waals surface area contributed by atoms with Crippen molar-refractivity contribution >= 4 is 22.8 Å². The first kappa shape index (κ1) is 22.7. The van der Waals surface area contributed by atoms with Crippen LogP contribution in [0.2, 0.25) is 0 Å². The molecule has 0 aliphatic carbocycles. The van der Waals surface area contributed by atoms with Crippen molar-refractivity contribution in [2.24, 2.45) is 0 Å². The smallest absolute Gasteiger partial charge is 0.407 e. The van der Waals surface area contributed by atoms with Crippen molar-refractivity contribution < 1.29 is 18.7 Å². The molecule has 2 aromatic heterocycles. The van der Waals surface area contributed by atoms with Gasteiger partial charge in [-0.05, 0) is 55.2 Å². The zero-order valence-corrected chi connectivity index (χ0v) is 19.1. The van der Waals surface area contributed by atoms with Gasteiger partial charge < -0.3 is 15.3 Å². The fraction of sp³-hybridized carbons (Fsp3) is 0.222. The predicted molar refractivity (Wildman–Crippen MR) is 131 cm³/mol. The molecular weight excluding hydrogens is 450 g/mol. The zero-order chi connectivity index (χ0) is 24.5. The number of carboxylic acid groups (broad SMARTS) is 1. The number of aromatic nitrogens is 2. The van der Waals surface area contributed by atoms with Crippen LogP contribution in [0.5, 0.6) is 0 Å². The molecule has 6 nitrogen and oxygen atoms in total. The van der Waals surface area contributed by atoms with E-state index in [0.29, 0.717) is 53.9 Å². The SMILES string of the molecule is Cc1ccccc1-c1nccc2c(-c3ccc(F)cc3F)cc(NC3CCN(C(=O)O)CC3)nc12. The first-order valence-electron chi connectivity index (χ1n) is 11.5. The van der Waals surface area contributed by atoms with Gasteiger partial charge in [-0.3, -0.25) is 4.98 Å². The molecule has 1 aliphatic rings. The summed E-state index contributed by atoms with van der Waals surface area (Å²) in [5, 5.41) is 13.3. The number of hydrogen-bond acceptors (Lipinski definition) is 4. The molecule has 1 amide bonds. The number of hydrogen-bond donors (Lipinski definition) is 2. The highest BCUT2D eigenvalue weighted by Gasteiger charge is 2.23. The van der Waals surface area contributed by atoms with Crippen LogP contribution >= 0.6 is 0 Å². The molecule has 0 atom stereocenters. The van der Waals surface area contributed by atoms with Crippen molar-refractivity contribution in [1.29, 1.82) is 0 Å². The third kappa shape index (κ3) is 4.51. The second-order valence-corrected chi connectivity index (χ2v) is 8.74. The molecule has 1 saturated heterocycles. The second-order valence-electron chi connectivity index (χ2n) is 8.74. The number of amides is 1. The van der Waals surface area contributed by atoms with Gasteiger partial charge in [0.2, 0.25) is 0 Å². The molecule has 0 unspecified atom stereocenters. The minimum atomic E-state index is -0.921. The van der Waals surface area contributed by atoms with Crippen LogP contribution in [-0.4, -0.2) is 45.2 Å². The Morgan fingerprint density at radius 1 is 1.03 bits per heavy atom. The molecule has 0 radical (unpaired) electrons. The lowest BCUT2D eigenvalue weighted by Crippen LogP contribution is -2.41. The Hall–Kier alpha value is -4.07. The molecule has 35 heavy (non-hydrogen) atoms. The Morgan fingerprint density at radius 2 is 1.80 bits per heavy atom. The molecular formula is C27H24F2N4O2. The highest BCUT2D eigenvalue weighted by Crippen LogP contribution is 2.36. The second kappa shape index (κ2) is 9.29. The quantitative estimate of drug-likeness (QED) is 0.373. The van der Waals surface area contributed by atoms with Crippen LogP contribution in [0.1, 0.15) is 18.4 Å². The summed E-state index contributed by atoms with van der Waals surface area (Å²) in [6.45, 7) is 2.85. The van der Waals surface area contributed by atoms with Crippen LogP contribution in [0.25, 0.3) is 33.3 Å². The maximum absolute atomic E-state index is 14.9. The molecule has 0 spiro atoms. The lowest BCUT2D eigenvalue weighted by atomic mass is 9.97. The molecule has 0 saturated carbocycles. The Balaban J connectivity index is 1.64. The lowest BCUT2D eigenvalue weighted by Gasteiger charge is -2.31. The van der Waals surface area contributed by atoms with E-state index in [2.05, 4.69) is 10.3 Å². The molecule has 2 N–H and O–H groups in total. The van der Waals surface area contributed by atoms with Crippen molar-refractivity contribution in [3.8, 4) is 22.4 Å². The first-order valence-corrected chi connectivity index (χ1v) is 11.5. The molecule has 0 bridgehead atoms. The number of nitrogens with one attached hydrogen (secondary N) is 1. The Kier molecular flexibility index (Phi) is 6.03. The molecule has 4 aromatic rings. The third-order valence-corrected chi connectivity index (χ3v) is 6.47. The molecule has 1 aliphatic heterocycles. The molecule has 5 rings (SSSR count). The minimum Gasteiger partial charge on any atom is -0.465 e. The zero-order valence-electron chi connectivity index (χ0n) is 19.1. The number of aryl methyl sites for hydroxylation is 1. The van der Waals surface area contributed by atoms with E-state index in [1.807, 2.05) is 31.2 Å². The van der Waals surface area contributed by atoms with Crippen molar-refractivity contribution in [3.63, 3.8) is 0 Å². The van der Waals surface area contributed by atoms with Crippen molar-refractivity contribution in [1.82, 2.24) is 14.9 Å². The van der Waals surface area contributed by atoms with E-state index in [1.165, 1.54) is 17.0 Å². The van der Waals surface area contributed by atoms with Crippen LogP contribution in [0.4, 0.5) is 19.4 Å². The fourth-order valence-electron chi connectivity index (χ4n) is 4.62. The normalized spacial score (nSPS) is 14.3. The van der Waals surface area contributed by atoms with Crippen LogP contribution < -0.4 is 5.32 Å². The number of benzene rings is 2. The number of carbonyl (C=O) groups is 1. The summed E-state index contributed by atoms with van der Waals surface area (Å²) >= 11 is 0. The largest absolute Gasteiger partial charge is 0.465 e. The van der Waals surface area contributed by atoms with Crippen molar-refractivity contribution in [2.75, 3.05) is 18.4 Å². The van der Waals surface area contributed by atoms with Gasteiger partial charge in [-0.15, -0.1) is 0 Å². The molecule has 2 aromatic carbocycles. The van der Waals surface area contributed by atoms with Gasteiger partial charge in [-0.2, -0.15) is 0 Å². The van der Waals surface area contributed by atoms with Gasteiger partial charge in [0.05, 0.1) is 11.2 Å². The number of anilines is 1. The van der Waals surface area contributed by atoms with Gasteiger partial charge in [-0.1, -0.05) is 24.3 Å². The summed E-state index contributed by atoms with van der Waals surface area (Å²) in [6.07, 6.45) is 2.01. The molecule has 3 heterocycles. The monoisotopic (exact) mass is 474 g/mol. The summed E-state index contributed by atoms with van der Waals surface area (Å²) in [5.41, 5.74) is 4.08. The average molecular weight is 475 g/mol. The summed E-state index contributed by atoms with van der Waals surface area (Å²) in [5.74, 6) is -0.768. The van der Waals surface area contributed by atoms with Crippen LogP contribution in [0.15, 0.2) is 60.8 Å². The Morgan fingerprint density at radius 3 is 2.51 bits per heavy atom. The maximum Gasteiger partial charge on any atom is 0.407 e. The van der Waals surface area contributed by atoms with Crippen molar-refractivity contribution in [3.05, 3.63) is 78.0 Å². The number of nitrogens with zero attached hydrogens (tertiary/aromatic N) is 3. The van der Waals surface area contributed by atoms with Gasteiger partial charge in [0.1, 0.15) is 17.5 Å². The Labute approximate surface area is 201 Å². The minimum absolute atomic E-state index is 0.0139. The van der Waals surface area contributed by atoms with E-state index in [-0.39, 0.29) is 11.6 Å². The third-order valence-electron chi connectivity index (χ3n) is 6.47. The highest BCUT2D eigenvalue weighted by molar-refractivity contribution is 6.02. The number of likely N-dealkylation sites (tertiary alicyclic amines) is 1. The summed E-state index contributed by atoms with van der Waals surface area (Å²) in [7, 11) is 0. The van der Waals surface area contributed by atoms with E-state index in [1.54, 1.807) is 18.3 Å².